The SMILES string of the molecule is CCCCCCCCCCCN(C)CCCCOCc1ccc(-c2ccc(COCCCCN(C)CCCCCCCCCCC)cc2)cc1. The summed E-state index contributed by atoms with van der Waals surface area (Å²) in [5.41, 5.74) is 5.00. The Labute approximate surface area is 311 Å². The molecular weight excluding hydrogens is 613 g/mol. The van der Waals surface area contributed by atoms with Gasteiger partial charge in [-0.3, -0.25) is 0 Å². The van der Waals surface area contributed by atoms with Crippen LogP contribution in [0.1, 0.15) is 166 Å². The van der Waals surface area contributed by atoms with Gasteiger partial charge in [0.25, 0.3) is 0 Å². The molecular formula is C46H80N2O2. The molecule has 0 atom stereocenters. The third-order valence-electron chi connectivity index (χ3n) is 10.2. The molecule has 0 radical (unpaired) electrons. The molecule has 0 fully saturated rings. The average Bonchev–Trinajstić information content (AvgIpc) is 3.13. The zero-order valence-corrected chi connectivity index (χ0v) is 33.5. The summed E-state index contributed by atoms with van der Waals surface area (Å²) in [4.78, 5) is 5.00. The molecule has 0 spiro atoms. The highest BCUT2D eigenvalue weighted by Crippen LogP contribution is 2.21. The third kappa shape index (κ3) is 24.5. The fraction of sp³-hybridized carbons (Fsp3) is 0.739. The molecule has 0 aromatic heterocycles. The Kier molecular flexibility index (Phi) is 28.4. The Hall–Kier alpha value is -1.72. The van der Waals surface area contributed by atoms with Gasteiger partial charge in [0.2, 0.25) is 0 Å². The van der Waals surface area contributed by atoms with E-state index in [1.807, 2.05) is 0 Å². The van der Waals surface area contributed by atoms with E-state index in [1.165, 1.54) is 177 Å². The molecule has 2 rings (SSSR count). The van der Waals surface area contributed by atoms with Gasteiger partial charge in [-0.2, -0.15) is 0 Å². The fourth-order valence-corrected chi connectivity index (χ4v) is 6.75. The zero-order chi connectivity index (χ0) is 35.7. The lowest BCUT2D eigenvalue weighted by molar-refractivity contribution is 0.115. The summed E-state index contributed by atoms with van der Waals surface area (Å²) < 4.78 is 12.0. The molecule has 0 unspecified atom stereocenters. The van der Waals surface area contributed by atoms with Gasteiger partial charge in [-0.15, -0.1) is 0 Å². The largest absolute Gasteiger partial charge is 0.377 e. The van der Waals surface area contributed by atoms with Crippen LogP contribution in [-0.4, -0.2) is 63.3 Å². The summed E-state index contributed by atoms with van der Waals surface area (Å²) in [7, 11) is 4.55. The van der Waals surface area contributed by atoms with Crippen LogP contribution in [0.3, 0.4) is 0 Å². The van der Waals surface area contributed by atoms with Crippen LogP contribution in [0.5, 0.6) is 0 Å². The molecule has 0 aliphatic rings. The van der Waals surface area contributed by atoms with E-state index in [9.17, 15) is 0 Å². The lowest BCUT2D eigenvalue weighted by Crippen LogP contribution is -2.21. The van der Waals surface area contributed by atoms with Gasteiger partial charge in [-0.1, -0.05) is 165 Å². The molecule has 0 heterocycles. The Morgan fingerprint density at radius 3 is 0.960 bits per heavy atom. The second-order valence-corrected chi connectivity index (χ2v) is 15.2. The molecule has 4 nitrogen and oxygen atoms in total. The van der Waals surface area contributed by atoms with Crippen LogP contribution in [0, 0.1) is 0 Å². The summed E-state index contributed by atoms with van der Waals surface area (Å²) in [5, 5.41) is 0. The number of benzene rings is 2. The first-order chi connectivity index (χ1) is 24.6. The second-order valence-electron chi connectivity index (χ2n) is 15.2. The molecule has 0 saturated heterocycles. The van der Waals surface area contributed by atoms with E-state index in [4.69, 9.17) is 9.47 Å². The van der Waals surface area contributed by atoms with Crippen LogP contribution in [0.25, 0.3) is 11.1 Å². The second kappa shape index (κ2) is 32.0. The van der Waals surface area contributed by atoms with E-state index in [2.05, 4.69) is 86.3 Å². The maximum atomic E-state index is 6.00. The van der Waals surface area contributed by atoms with E-state index in [0.29, 0.717) is 13.2 Å². The van der Waals surface area contributed by atoms with Gasteiger partial charge < -0.3 is 19.3 Å². The van der Waals surface area contributed by atoms with Gasteiger partial charge in [-0.05, 0) is 101 Å². The summed E-state index contributed by atoms with van der Waals surface area (Å²) in [5.74, 6) is 0. The molecule has 0 aliphatic heterocycles. The van der Waals surface area contributed by atoms with Crippen molar-refractivity contribution >= 4 is 0 Å². The highest BCUT2D eigenvalue weighted by molar-refractivity contribution is 5.63. The predicted octanol–water partition coefficient (Wildman–Crippen LogP) is 12.9. The van der Waals surface area contributed by atoms with Crippen molar-refractivity contribution in [1.29, 1.82) is 0 Å². The maximum absolute atomic E-state index is 6.00. The van der Waals surface area contributed by atoms with Gasteiger partial charge >= 0.3 is 0 Å². The topological polar surface area (TPSA) is 24.9 Å². The zero-order valence-electron chi connectivity index (χ0n) is 33.5. The summed E-state index contributed by atoms with van der Waals surface area (Å²) in [6.07, 6.45) is 29.9. The summed E-state index contributed by atoms with van der Waals surface area (Å²) in [6, 6.07) is 17.7. The fourth-order valence-electron chi connectivity index (χ4n) is 6.75. The molecule has 0 aliphatic carbocycles. The van der Waals surface area contributed by atoms with Crippen molar-refractivity contribution in [1.82, 2.24) is 9.80 Å². The molecule has 4 heteroatoms. The number of hydrogen-bond donors (Lipinski definition) is 0. The monoisotopic (exact) mass is 693 g/mol. The lowest BCUT2D eigenvalue weighted by atomic mass is 10.0. The van der Waals surface area contributed by atoms with E-state index in [0.717, 1.165) is 26.1 Å². The Balaban J connectivity index is 1.44. The van der Waals surface area contributed by atoms with Gasteiger partial charge in [-0.25, -0.2) is 0 Å². The quantitative estimate of drug-likeness (QED) is 0.0671. The van der Waals surface area contributed by atoms with Crippen molar-refractivity contribution < 1.29 is 9.47 Å². The van der Waals surface area contributed by atoms with E-state index in [-0.39, 0.29) is 0 Å². The molecule has 0 amide bonds. The van der Waals surface area contributed by atoms with Crippen LogP contribution >= 0.6 is 0 Å². The van der Waals surface area contributed by atoms with Crippen LogP contribution < -0.4 is 0 Å². The molecule has 0 N–H and O–H groups in total. The van der Waals surface area contributed by atoms with Crippen LogP contribution in [0.4, 0.5) is 0 Å². The van der Waals surface area contributed by atoms with Crippen LogP contribution in [-0.2, 0) is 22.7 Å². The van der Waals surface area contributed by atoms with Gasteiger partial charge in [0, 0.05) is 13.2 Å². The molecule has 0 bridgehead atoms. The smallest absolute Gasteiger partial charge is 0.0716 e. The first kappa shape index (κ1) is 44.4. The molecule has 0 saturated carbocycles. The van der Waals surface area contributed by atoms with E-state index >= 15 is 0 Å². The predicted molar refractivity (Wildman–Crippen MR) is 219 cm³/mol. The summed E-state index contributed by atoms with van der Waals surface area (Å²) >= 11 is 0. The normalized spacial score (nSPS) is 11.7. The van der Waals surface area contributed by atoms with E-state index < -0.39 is 0 Å². The first-order valence-corrected chi connectivity index (χ1v) is 21.3. The number of ether oxygens (including phenoxy) is 2. The van der Waals surface area contributed by atoms with Crippen LogP contribution in [0.2, 0.25) is 0 Å². The number of hydrogen-bond acceptors (Lipinski definition) is 4. The van der Waals surface area contributed by atoms with Crippen molar-refractivity contribution in [3.05, 3.63) is 59.7 Å². The maximum Gasteiger partial charge on any atom is 0.0716 e. The Morgan fingerprint density at radius 1 is 0.360 bits per heavy atom. The number of nitrogens with zero attached hydrogens (tertiary/aromatic N) is 2. The van der Waals surface area contributed by atoms with Crippen molar-refractivity contribution in [2.24, 2.45) is 0 Å². The lowest BCUT2D eigenvalue weighted by Gasteiger charge is -2.16. The number of unbranched alkanes of at least 4 members (excludes halogenated alkanes) is 18. The minimum absolute atomic E-state index is 0.695. The van der Waals surface area contributed by atoms with E-state index in [1.54, 1.807) is 0 Å². The van der Waals surface area contributed by atoms with Crippen molar-refractivity contribution in [2.75, 3.05) is 53.5 Å². The highest BCUT2D eigenvalue weighted by atomic mass is 16.5. The van der Waals surface area contributed by atoms with Gasteiger partial charge in [0.15, 0.2) is 0 Å². The standard InChI is InChI=1S/C46H80N2O2/c1-5-7-9-11-13-15-17-19-21-35-47(3)37-23-25-39-49-41-43-27-31-45(32-28-43)46-33-29-44(30-34-46)42-50-40-26-24-38-48(4)36-22-20-18-16-14-12-10-8-6-2/h27-34H,5-26,35-42H2,1-4H3. The number of rotatable bonds is 35. The average molecular weight is 693 g/mol. The minimum atomic E-state index is 0.695. The highest BCUT2D eigenvalue weighted by Gasteiger charge is 2.03. The first-order valence-electron chi connectivity index (χ1n) is 21.3. The Morgan fingerprint density at radius 2 is 0.640 bits per heavy atom. The minimum Gasteiger partial charge on any atom is -0.377 e. The third-order valence-corrected chi connectivity index (χ3v) is 10.2. The molecule has 2 aromatic carbocycles. The van der Waals surface area contributed by atoms with Crippen molar-refractivity contribution in [3.63, 3.8) is 0 Å². The molecule has 50 heavy (non-hydrogen) atoms. The molecule has 2 aromatic rings. The van der Waals surface area contributed by atoms with Crippen molar-refractivity contribution in [3.8, 4) is 11.1 Å². The molecule has 286 valence electrons. The Bertz CT molecular complexity index is 911. The van der Waals surface area contributed by atoms with Gasteiger partial charge in [0.05, 0.1) is 13.2 Å². The van der Waals surface area contributed by atoms with Gasteiger partial charge in [0.1, 0.15) is 0 Å². The van der Waals surface area contributed by atoms with Crippen LogP contribution in [0.15, 0.2) is 48.5 Å². The van der Waals surface area contributed by atoms with Crippen molar-refractivity contribution in [2.45, 2.75) is 168 Å². The summed E-state index contributed by atoms with van der Waals surface area (Å²) in [6.45, 7) is 12.5.